The first kappa shape index (κ1) is 19.6. The van der Waals surface area contributed by atoms with Gasteiger partial charge >= 0.3 is 0 Å². The Hall–Kier alpha value is -1.44. The van der Waals surface area contributed by atoms with Crippen molar-refractivity contribution in [2.24, 2.45) is 5.92 Å². The van der Waals surface area contributed by atoms with Crippen LogP contribution in [0.1, 0.15) is 30.6 Å². The van der Waals surface area contributed by atoms with Crippen molar-refractivity contribution < 1.29 is 13.2 Å². The molecule has 1 amide bonds. The molecule has 0 aliphatic heterocycles. The standard InChI is InChI=1S/C16H27N3O3S/c1-13(2)9-10-17-16(20)14-5-7-15(8-6-14)23(21,22)18-11-12-19(3)4/h5-8,13,18H,9-12H2,1-4H3,(H,17,20). The largest absolute Gasteiger partial charge is 0.352 e. The molecule has 0 bridgehead atoms. The van der Waals surface area contributed by atoms with Crippen molar-refractivity contribution in [1.82, 2.24) is 14.9 Å². The number of nitrogens with zero attached hydrogens (tertiary/aromatic N) is 1. The summed E-state index contributed by atoms with van der Waals surface area (Å²) in [6.45, 7) is 5.76. The summed E-state index contributed by atoms with van der Waals surface area (Å²) in [5, 5.41) is 2.83. The zero-order valence-electron chi connectivity index (χ0n) is 14.3. The molecule has 0 aromatic heterocycles. The Morgan fingerprint density at radius 1 is 1.13 bits per heavy atom. The summed E-state index contributed by atoms with van der Waals surface area (Å²) in [5.41, 5.74) is 0.459. The van der Waals surface area contributed by atoms with E-state index < -0.39 is 10.0 Å². The van der Waals surface area contributed by atoms with Crippen LogP contribution >= 0.6 is 0 Å². The topological polar surface area (TPSA) is 78.5 Å². The van der Waals surface area contributed by atoms with Crippen molar-refractivity contribution >= 4 is 15.9 Å². The van der Waals surface area contributed by atoms with Gasteiger partial charge in [0.25, 0.3) is 5.91 Å². The quantitative estimate of drug-likeness (QED) is 0.710. The number of carbonyl (C=O) groups excluding carboxylic acids is 1. The van der Waals surface area contributed by atoms with Crippen molar-refractivity contribution in [2.45, 2.75) is 25.2 Å². The highest BCUT2D eigenvalue weighted by Gasteiger charge is 2.14. The number of likely N-dealkylation sites (N-methyl/N-ethyl adjacent to an activating group) is 1. The summed E-state index contributed by atoms with van der Waals surface area (Å²) in [6, 6.07) is 5.97. The minimum Gasteiger partial charge on any atom is -0.352 e. The lowest BCUT2D eigenvalue weighted by Gasteiger charge is -2.11. The third-order valence-corrected chi connectivity index (χ3v) is 4.76. The Morgan fingerprint density at radius 2 is 1.74 bits per heavy atom. The minimum atomic E-state index is -3.53. The van der Waals surface area contributed by atoms with Crippen molar-refractivity contribution in [3.05, 3.63) is 29.8 Å². The van der Waals surface area contributed by atoms with E-state index in [-0.39, 0.29) is 10.8 Å². The van der Waals surface area contributed by atoms with Crippen LogP contribution in [0, 0.1) is 5.92 Å². The zero-order valence-corrected chi connectivity index (χ0v) is 15.1. The molecule has 0 aliphatic carbocycles. The summed E-state index contributed by atoms with van der Waals surface area (Å²) in [7, 11) is 0.217. The molecule has 0 atom stereocenters. The van der Waals surface area contributed by atoms with Crippen LogP contribution in [-0.4, -0.2) is 53.0 Å². The Labute approximate surface area is 139 Å². The Balaban J connectivity index is 2.63. The Kier molecular flexibility index (Phi) is 7.67. The van der Waals surface area contributed by atoms with Gasteiger partial charge in [0, 0.05) is 25.2 Å². The highest BCUT2D eigenvalue weighted by Crippen LogP contribution is 2.10. The molecule has 0 saturated carbocycles. The number of hydrogen-bond donors (Lipinski definition) is 2. The average molecular weight is 341 g/mol. The second-order valence-corrected chi connectivity index (χ2v) is 7.93. The van der Waals surface area contributed by atoms with Gasteiger partial charge in [0.15, 0.2) is 0 Å². The number of hydrogen-bond acceptors (Lipinski definition) is 4. The lowest BCUT2D eigenvalue weighted by molar-refractivity contribution is 0.0952. The first-order valence-electron chi connectivity index (χ1n) is 7.75. The number of carbonyl (C=O) groups is 1. The summed E-state index contributed by atoms with van der Waals surface area (Å²) in [6.07, 6.45) is 0.911. The highest BCUT2D eigenvalue weighted by atomic mass is 32.2. The number of nitrogens with one attached hydrogen (secondary N) is 2. The van der Waals surface area contributed by atoms with Crippen molar-refractivity contribution in [3.8, 4) is 0 Å². The van der Waals surface area contributed by atoms with E-state index in [1.165, 1.54) is 24.3 Å². The molecule has 1 aromatic carbocycles. The van der Waals surface area contributed by atoms with Crippen LogP contribution in [0.5, 0.6) is 0 Å². The summed E-state index contributed by atoms with van der Waals surface area (Å²) >= 11 is 0. The van der Waals surface area contributed by atoms with Crippen molar-refractivity contribution in [2.75, 3.05) is 33.7 Å². The van der Waals surface area contributed by atoms with Crippen molar-refractivity contribution in [1.29, 1.82) is 0 Å². The van der Waals surface area contributed by atoms with Crippen LogP contribution in [0.15, 0.2) is 29.2 Å². The summed E-state index contributed by atoms with van der Waals surface area (Å²) < 4.78 is 26.8. The second-order valence-electron chi connectivity index (χ2n) is 6.16. The molecule has 0 unspecified atom stereocenters. The minimum absolute atomic E-state index is 0.162. The van der Waals surface area contributed by atoms with E-state index >= 15 is 0 Å². The smallest absolute Gasteiger partial charge is 0.251 e. The van der Waals surface area contributed by atoms with Gasteiger partial charge in [-0.15, -0.1) is 0 Å². The summed E-state index contributed by atoms with van der Waals surface area (Å²) in [4.78, 5) is 14.0. The van der Waals surface area contributed by atoms with Gasteiger partial charge in [-0.2, -0.15) is 0 Å². The number of rotatable bonds is 9. The fourth-order valence-electron chi connectivity index (χ4n) is 1.85. The van der Waals surface area contributed by atoms with Crippen LogP contribution in [0.4, 0.5) is 0 Å². The molecule has 2 N–H and O–H groups in total. The lowest BCUT2D eigenvalue weighted by atomic mass is 10.1. The van der Waals surface area contributed by atoms with E-state index in [0.717, 1.165) is 6.42 Å². The molecule has 7 heteroatoms. The van der Waals surface area contributed by atoms with E-state index in [0.29, 0.717) is 31.1 Å². The molecule has 130 valence electrons. The zero-order chi connectivity index (χ0) is 17.5. The third-order valence-electron chi connectivity index (χ3n) is 3.29. The van der Waals surface area contributed by atoms with Gasteiger partial charge in [-0.1, -0.05) is 13.8 Å². The van der Waals surface area contributed by atoms with E-state index in [1.54, 1.807) is 0 Å². The lowest BCUT2D eigenvalue weighted by Crippen LogP contribution is -2.31. The molecule has 0 radical (unpaired) electrons. The van der Waals surface area contributed by atoms with E-state index in [1.807, 2.05) is 19.0 Å². The van der Waals surface area contributed by atoms with Crippen LogP contribution in [-0.2, 0) is 10.0 Å². The number of amides is 1. The molecule has 0 saturated heterocycles. The van der Waals surface area contributed by atoms with E-state index in [9.17, 15) is 13.2 Å². The molecule has 0 aliphatic rings. The van der Waals surface area contributed by atoms with Gasteiger partial charge in [0.2, 0.25) is 10.0 Å². The normalized spacial score (nSPS) is 11.9. The monoisotopic (exact) mass is 341 g/mol. The Bertz CT molecular complexity index is 596. The fourth-order valence-corrected chi connectivity index (χ4v) is 2.87. The first-order valence-corrected chi connectivity index (χ1v) is 9.23. The maximum absolute atomic E-state index is 12.1. The molecular formula is C16H27N3O3S. The van der Waals surface area contributed by atoms with Crippen LogP contribution in [0.25, 0.3) is 0 Å². The molecule has 1 rings (SSSR count). The van der Waals surface area contributed by atoms with Gasteiger partial charge in [-0.3, -0.25) is 4.79 Å². The highest BCUT2D eigenvalue weighted by molar-refractivity contribution is 7.89. The van der Waals surface area contributed by atoms with Gasteiger partial charge < -0.3 is 10.2 Å². The van der Waals surface area contributed by atoms with Gasteiger partial charge in [-0.05, 0) is 50.7 Å². The molecular weight excluding hydrogens is 314 g/mol. The molecule has 6 nitrogen and oxygen atoms in total. The van der Waals surface area contributed by atoms with Gasteiger partial charge in [0.1, 0.15) is 0 Å². The van der Waals surface area contributed by atoms with Gasteiger partial charge in [0.05, 0.1) is 4.90 Å². The predicted octanol–water partition coefficient (Wildman–Crippen LogP) is 1.30. The third kappa shape index (κ3) is 7.11. The molecule has 0 spiro atoms. The van der Waals surface area contributed by atoms with E-state index in [4.69, 9.17) is 0 Å². The average Bonchev–Trinajstić information content (AvgIpc) is 2.46. The number of benzene rings is 1. The van der Waals surface area contributed by atoms with Crippen LogP contribution in [0.2, 0.25) is 0 Å². The molecule has 0 heterocycles. The number of sulfonamides is 1. The van der Waals surface area contributed by atoms with E-state index in [2.05, 4.69) is 23.9 Å². The van der Waals surface area contributed by atoms with Crippen molar-refractivity contribution in [3.63, 3.8) is 0 Å². The fraction of sp³-hybridized carbons (Fsp3) is 0.562. The SMILES string of the molecule is CC(C)CCNC(=O)c1ccc(S(=O)(=O)NCCN(C)C)cc1. The van der Waals surface area contributed by atoms with Crippen LogP contribution < -0.4 is 10.0 Å². The first-order chi connectivity index (χ1) is 10.7. The second kappa shape index (κ2) is 9.00. The van der Waals surface area contributed by atoms with Gasteiger partial charge in [-0.25, -0.2) is 13.1 Å². The predicted molar refractivity (Wildman–Crippen MR) is 92.0 cm³/mol. The molecule has 23 heavy (non-hydrogen) atoms. The molecule has 1 aromatic rings. The van der Waals surface area contributed by atoms with Crippen LogP contribution in [0.3, 0.4) is 0 Å². The summed E-state index contributed by atoms with van der Waals surface area (Å²) in [5.74, 6) is 0.339. The maximum Gasteiger partial charge on any atom is 0.251 e. The molecule has 0 fully saturated rings. The maximum atomic E-state index is 12.1. The Morgan fingerprint density at radius 3 is 2.26 bits per heavy atom.